The number of rotatable bonds is 3. The molecule has 2 nitrogen and oxygen atoms in total. The van der Waals surface area contributed by atoms with Gasteiger partial charge in [0.05, 0.1) is 5.56 Å². The van der Waals surface area contributed by atoms with E-state index in [-0.39, 0.29) is 16.0 Å². The smallest absolute Gasteiger partial charge is 0.254 e. The number of hydrogen-bond donors (Lipinski definition) is 1. The number of nitrogens with one attached hydrogen (secondary N) is 1. The number of alkyl halides is 1. The number of hydrogen-bond acceptors (Lipinski definition) is 1. The zero-order valence-electron chi connectivity index (χ0n) is 8.98. The van der Waals surface area contributed by atoms with Gasteiger partial charge in [0.1, 0.15) is 11.6 Å². The topological polar surface area (TPSA) is 29.1 Å². The van der Waals surface area contributed by atoms with Crippen LogP contribution in [0.2, 0.25) is 0 Å². The summed E-state index contributed by atoms with van der Waals surface area (Å²) in [5.74, 6) is -2.03. The van der Waals surface area contributed by atoms with Crippen LogP contribution in [0.4, 0.5) is 8.78 Å². The van der Waals surface area contributed by atoms with Crippen molar-refractivity contribution in [2.45, 2.75) is 18.7 Å². The predicted octanol–water partition coefficient (Wildman–Crippen LogP) is 2.79. The van der Waals surface area contributed by atoms with E-state index in [1.54, 1.807) is 0 Å². The maximum atomic E-state index is 13.3. The first kappa shape index (κ1) is 13.1. The minimum absolute atomic E-state index is 0.0982. The molecule has 0 aromatic heterocycles. The quantitative estimate of drug-likeness (QED) is 0.853. The molecule has 1 rings (SSSR count). The van der Waals surface area contributed by atoms with Gasteiger partial charge in [0.2, 0.25) is 0 Å². The summed E-state index contributed by atoms with van der Waals surface area (Å²) < 4.78 is 26.3. The summed E-state index contributed by atoms with van der Waals surface area (Å²) in [6, 6.07) is 1.93. The largest absolute Gasteiger partial charge is 0.351 e. The molecule has 0 radical (unpaired) electrons. The van der Waals surface area contributed by atoms with Crippen molar-refractivity contribution in [2.75, 3.05) is 6.54 Å². The fraction of sp³-hybridized carbons (Fsp3) is 0.364. The number of halogens is 3. The Morgan fingerprint density at radius 2 is 2.06 bits per heavy atom. The van der Waals surface area contributed by atoms with Gasteiger partial charge in [-0.05, 0) is 18.6 Å². The molecule has 0 saturated carbocycles. The van der Waals surface area contributed by atoms with Crippen LogP contribution in [0, 0.1) is 18.6 Å². The first-order valence-corrected chi connectivity index (χ1v) is 5.71. The molecule has 1 amide bonds. The van der Waals surface area contributed by atoms with Gasteiger partial charge < -0.3 is 5.32 Å². The number of aryl methyl sites for hydroxylation is 1. The average molecular weight is 292 g/mol. The Bertz CT molecular complexity index is 407. The van der Waals surface area contributed by atoms with Gasteiger partial charge in [-0.2, -0.15) is 0 Å². The Morgan fingerprint density at radius 1 is 1.44 bits per heavy atom. The van der Waals surface area contributed by atoms with E-state index in [0.29, 0.717) is 6.54 Å². The van der Waals surface area contributed by atoms with Crippen molar-refractivity contribution >= 4 is 21.8 Å². The minimum Gasteiger partial charge on any atom is -0.351 e. The summed E-state index contributed by atoms with van der Waals surface area (Å²) in [5.41, 5.74) is 0.116. The van der Waals surface area contributed by atoms with E-state index in [1.165, 1.54) is 13.0 Å². The Labute approximate surface area is 101 Å². The fourth-order valence-electron chi connectivity index (χ4n) is 1.16. The highest BCUT2D eigenvalue weighted by Crippen LogP contribution is 2.14. The van der Waals surface area contributed by atoms with Gasteiger partial charge >= 0.3 is 0 Å². The Morgan fingerprint density at radius 3 is 2.62 bits per heavy atom. The summed E-state index contributed by atoms with van der Waals surface area (Å²) in [7, 11) is 0. The van der Waals surface area contributed by atoms with Crippen LogP contribution in [0.15, 0.2) is 12.1 Å². The summed E-state index contributed by atoms with van der Waals surface area (Å²) in [6.07, 6.45) is 0. The van der Waals surface area contributed by atoms with Gasteiger partial charge in [0.15, 0.2) is 0 Å². The van der Waals surface area contributed by atoms with Crippen molar-refractivity contribution in [3.05, 3.63) is 34.9 Å². The highest BCUT2D eigenvalue weighted by atomic mass is 79.9. The van der Waals surface area contributed by atoms with Crippen molar-refractivity contribution in [1.82, 2.24) is 5.32 Å². The molecule has 16 heavy (non-hydrogen) atoms. The maximum Gasteiger partial charge on any atom is 0.254 e. The van der Waals surface area contributed by atoms with Gasteiger partial charge in [-0.3, -0.25) is 4.79 Å². The molecule has 0 saturated heterocycles. The number of benzene rings is 1. The predicted molar refractivity (Wildman–Crippen MR) is 61.8 cm³/mol. The Balaban J connectivity index is 2.87. The molecule has 0 aliphatic rings. The standard InChI is InChI=1S/C11H12BrF2NO/c1-6-3-8(10(14)4-9(6)13)11(16)15-5-7(2)12/h3-4,7H,5H2,1-2H3,(H,15,16). The Kier molecular flexibility index (Phi) is 4.41. The lowest BCUT2D eigenvalue weighted by Crippen LogP contribution is -2.29. The number of amides is 1. The van der Waals surface area contributed by atoms with Crippen molar-refractivity contribution in [2.24, 2.45) is 0 Å². The molecule has 1 N–H and O–H groups in total. The van der Waals surface area contributed by atoms with Crippen LogP contribution >= 0.6 is 15.9 Å². The number of carbonyl (C=O) groups excluding carboxylic acids is 1. The third-order valence-corrected chi connectivity index (χ3v) is 2.36. The second-order valence-electron chi connectivity index (χ2n) is 3.57. The van der Waals surface area contributed by atoms with Crippen LogP contribution in [-0.4, -0.2) is 17.3 Å². The molecule has 0 fully saturated rings. The first-order valence-electron chi connectivity index (χ1n) is 4.79. The van der Waals surface area contributed by atoms with E-state index >= 15 is 0 Å². The van der Waals surface area contributed by atoms with Crippen molar-refractivity contribution in [1.29, 1.82) is 0 Å². The second-order valence-corrected chi connectivity index (χ2v) is 5.14. The first-order chi connectivity index (χ1) is 7.41. The third kappa shape index (κ3) is 3.27. The van der Waals surface area contributed by atoms with Gasteiger partial charge in [0, 0.05) is 17.4 Å². The lowest BCUT2D eigenvalue weighted by molar-refractivity contribution is 0.0950. The van der Waals surface area contributed by atoms with E-state index in [9.17, 15) is 13.6 Å². The van der Waals surface area contributed by atoms with Crippen molar-refractivity contribution in [3.8, 4) is 0 Å². The van der Waals surface area contributed by atoms with Crippen LogP contribution in [0.5, 0.6) is 0 Å². The lowest BCUT2D eigenvalue weighted by atomic mass is 10.1. The molecule has 0 spiro atoms. The summed E-state index contributed by atoms with van der Waals surface area (Å²) in [4.78, 5) is 11.6. The normalized spacial score (nSPS) is 12.3. The van der Waals surface area contributed by atoms with E-state index in [0.717, 1.165) is 6.07 Å². The summed E-state index contributed by atoms with van der Waals surface area (Å²) >= 11 is 3.25. The van der Waals surface area contributed by atoms with Gasteiger partial charge in [-0.15, -0.1) is 0 Å². The molecule has 1 aromatic rings. The molecule has 0 heterocycles. The van der Waals surface area contributed by atoms with Gasteiger partial charge in [-0.1, -0.05) is 22.9 Å². The average Bonchev–Trinajstić information content (AvgIpc) is 2.20. The maximum absolute atomic E-state index is 13.3. The molecule has 1 atom stereocenters. The second kappa shape index (κ2) is 5.39. The molecular weight excluding hydrogens is 280 g/mol. The third-order valence-electron chi connectivity index (χ3n) is 2.04. The molecule has 1 aromatic carbocycles. The summed E-state index contributed by atoms with van der Waals surface area (Å²) in [6.45, 7) is 3.72. The zero-order chi connectivity index (χ0) is 12.3. The molecular formula is C11H12BrF2NO. The van der Waals surface area contributed by atoms with E-state index in [4.69, 9.17) is 0 Å². The van der Waals surface area contributed by atoms with Gasteiger partial charge in [0.25, 0.3) is 5.91 Å². The molecule has 1 unspecified atom stereocenters. The van der Waals surface area contributed by atoms with Gasteiger partial charge in [-0.25, -0.2) is 8.78 Å². The molecule has 0 bridgehead atoms. The fourth-order valence-corrected chi connectivity index (χ4v) is 1.32. The number of carbonyl (C=O) groups is 1. The van der Waals surface area contributed by atoms with Crippen molar-refractivity contribution < 1.29 is 13.6 Å². The highest BCUT2D eigenvalue weighted by Gasteiger charge is 2.14. The lowest BCUT2D eigenvalue weighted by Gasteiger charge is -2.08. The van der Waals surface area contributed by atoms with E-state index < -0.39 is 17.5 Å². The zero-order valence-corrected chi connectivity index (χ0v) is 10.6. The van der Waals surface area contributed by atoms with Crippen LogP contribution in [0.3, 0.4) is 0 Å². The van der Waals surface area contributed by atoms with E-state index in [1.807, 2.05) is 6.92 Å². The highest BCUT2D eigenvalue weighted by molar-refractivity contribution is 9.09. The van der Waals surface area contributed by atoms with Crippen LogP contribution < -0.4 is 5.32 Å². The molecule has 0 aliphatic carbocycles. The SMILES string of the molecule is Cc1cc(C(=O)NCC(C)Br)c(F)cc1F. The molecule has 5 heteroatoms. The Hall–Kier alpha value is -0.970. The molecule has 0 aliphatic heterocycles. The van der Waals surface area contributed by atoms with Crippen LogP contribution in [0.25, 0.3) is 0 Å². The summed E-state index contributed by atoms with van der Waals surface area (Å²) in [5, 5.41) is 2.54. The molecule has 88 valence electrons. The monoisotopic (exact) mass is 291 g/mol. The minimum atomic E-state index is -0.845. The van der Waals surface area contributed by atoms with E-state index in [2.05, 4.69) is 21.2 Å². The van der Waals surface area contributed by atoms with Crippen LogP contribution in [0.1, 0.15) is 22.8 Å². The van der Waals surface area contributed by atoms with Crippen LogP contribution in [-0.2, 0) is 0 Å². The van der Waals surface area contributed by atoms with Crippen molar-refractivity contribution in [3.63, 3.8) is 0 Å².